The number of aliphatic hydroxyl groups excluding tert-OH is 1. The molecule has 0 radical (unpaired) electrons. The minimum absolute atomic E-state index is 0.00884. The summed E-state index contributed by atoms with van der Waals surface area (Å²) in [4.78, 5) is 14.9. The average Bonchev–Trinajstić information content (AvgIpc) is 3.03. The first-order chi connectivity index (χ1) is 13.8. The van der Waals surface area contributed by atoms with Crippen molar-refractivity contribution in [1.29, 1.82) is 0 Å². The van der Waals surface area contributed by atoms with E-state index in [4.69, 9.17) is 16.0 Å². The number of phenols is 2. The van der Waals surface area contributed by atoms with Gasteiger partial charge < -0.3 is 24.6 Å². The summed E-state index contributed by atoms with van der Waals surface area (Å²) in [7, 11) is 1.90. The van der Waals surface area contributed by atoms with E-state index in [1.165, 1.54) is 12.1 Å². The molecule has 0 spiro atoms. The number of nitrogens with zero attached hydrogens (tertiary/aromatic N) is 1. The predicted octanol–water partition coefficient (Wildman–Crippen LogP) is 3.91. The van der Waals surface area contributed by atoms with Crippen molar-refractivity contribution in [2.45, 2.75) is 18.4 Å². The highest BCUT2D eigenvalue weighted by atomic mass is 127. The van der Waals surface area contributed by atoms with Gasteiger partial charge >= 0.3 is 0 Å². The van der Waals surface area contributed by atoms with Crippen LogP contribution < -0.4 is 5.43 Å². The summed E-state index contributed by atoms with van der Waals surface area (Å²) >= 11 is 8.51. The summed E-state index contributed by atoms with van der Waals surface area (Å²) in [6, 6.07) is 7.63. The van der Waals surface area contributed by atoms with E-state index in [0.717, 1.165) is 10.1 Å². The summed E-state index contributed by atoms with van der Waals surface area (Å²) in [5.74, 6) is -0.507. The molecule has 0 saturated carbocycles. The fourth-order valence-corrected chi connectivity index (χ4v) is 4.84. The highest BCUT2D eigenvalue weighted by Gasteiger charge is 2.36. The number of halogens is 2. The van der Waals surface area contributed by atoms with Crippen LogP contribution in [0.15, 0.2) is 39.5 Å². The summed E-state index contributed by atoms with van der Waals surface area (Å²) in [5, 5.41) is 31.3. The monoisotopic (exact) mass is 527 g/mol. The zero-order valence-corrected chi connectivity index (χ0v) is 18.4. The summed E-state index contributed by atoms with van der Waals surface area (Å²) < 4.78 is 6.90. The second-order valence-electron chi connectivity index (χ2n) is 7.23. The van der Waals surface area contributed by atoms with Crippen molar-refractivity contribution in [3.05, 3.63) is 54.7 Å². The zero-order valence-electron chi connectivity index (χ0n) is 15.5. The SMILES string of the molecule is CN1CC[C@H](c2c(O)cc(O)c3c(=O)cc(-c4cccc(I)c4Cl)oc23)[C@H]1CO. The van der Waals surface area contributed by atoms with Crippen LogP contribution in [0.4, 0.5) is 0 Å². The lowest BCUT2D eigenvalue weighted by atomic mass is 9.89. The largest absolute Gasteiger partial charge is 0.507 e. The molecule has 8 heteroatoms. The van der Waals surface area contributed by atoms with Crippen LogP contribution in [0, 0.1) is 3.57 Å². The van der Waals surface area contributed by atoms with E-state index in [2.05, 4.69) is 22.6 Å². The summed E-state index contributed by atoms with van der Waals surface area (Å²) in [6.45, 7) is 0.625. The van der Waals surface area contributed by atoms with Gasteiger partial charge in [0.05, 0.1) is 11.6 Å². The highest BCUT2D eigenvalue weighted by molar-refractivity contribution is 14.1. The van der Waals surface area contributed by atoms with Gasteiger partial charge in [-0.05, 0) is 54.7 Å². The molecule has 29 heavy (non-hydrogen) atoms. The number of benzene rings is 2. The third-order valence-corrected chi connectivity index (χ3v) is 7.22. The van der Waals surface area contributed by atoms with Crippen LogP contribution in [0.25, 0.3) is 22.3 Å². The minimum Gasteiger partial charge on any atom is -0.507 e. The Labute approximate surface area is 185 Å². The second kappa shape index (κ2) is 7.79. The Balaban J connectivity index is 2.03. The molecule has 1 aromatic heterocycles. The van der Waals surface area contributed by atoms with E-state index in [0.29, 0.717) is 22.6 Å². The van der Waals surface area contributed by atoms with Crippen LogP contribution in [0.3, 0.4) is 0 Å². The molecule has 4 rings (SSSR count). The van der Waals surface area contributed by atoms with Gasteiger partial charge in [-0.3, -0.25) is 4.79 Å². The van der Waals surface area contributed by atoms with Crippen molar-refractivity contribution in [3.8, 4) is 22.8 Å². The van der Waals surface area contributed by atoms with Crippen molar-refractivity contribution in [2.75, 3.05) is 20.2 Å². The quantitative estimate of drug-likeness (QED) is 0.447. The van der Waals surface area contributed by atoms with Crippen LogP contribution in [0.5, 0.6) is 11.5 Å². The molecule has 0 amide bonds. The first-order valence-electron chi connectivity index (χ1n) is 9.11. The molecule has 1 fully saturated rings. The molecule has 0 bridgehead atoms. The smallest absolute Gasteiger partial charge is 0.197 e. The Morgan fingerprint density at radius 1 is 1.28 bits per heavy atom. The average molecular weight is 528 g/mol. The van der Waals surface area contributed by atoms with E-state index in [9.17, 15) is 20.1 Å². The number of aliphatic hydroxyl groups is 1. The molecule has 1 saturated heterocycles. The van der Waals surface area contributed by atoms with Crippen molar-refractivity contribution >= 4 is 45.2 Å². The van der Waals surface area contributed by atoms with Gasteiger partial charge in [0.1, 0.15) is 28.2 Å². The molecular weight excluding hydrogens is 509 g/mol. The first-order valence-corrected chi connectivity index (χ1v) is 10.6. The third-order valence-electron chi connectivity index (χ3n) is 5.60. The number of likely N-dealkylation sites (N-methyl/N-ethyl adjacent to an activating group) is 1. The van der Waals surface area contributed by atoms with Crippen molar-refractivity contribution in [1.82, 2.24) is 4.90 Å². The molecular formula is C21H19ClINO5. The lowest BCUT2D eigenvalue weighted by Gasteiger charge is -2.24. The van der Waals surface area contributed by atoms with E-state index in [1.54, 1.807) is 6.07 Å². The van der Waals surface area contributed by atoms with Crippen LogP contribution >= 0.6 is 34.2 Å². The van der Waals surface area contributed by atoms with E-state index >= 15 is 0 Å². The normalized spacial score (nSPS) is 19.9. The lowest BCUT2D eigenvalue weighted by molar-refractivity contribution is 0.172. The number of hydrogen-bond acceptors (Lipinski definition) is 6. The van der Waals surface area contributed by atoms with E-state index in [1.807, 2.05) is 24.1 Å². The van der Waals surface area contributed by atoms with Crippen LogP contribution in [-0.2, 0) is 0 Å². The van der Waals surface area contributed by atoms with Gasteiger partial charge in [0.25, 0.3) is 0 Å². The fraction of sp³-hybridized carbons (Fsp3) is 0.286. The van der Waals surface area contributed by atoms with Crippen molar-refractivity contribution in [3.63, 3.8) is 0 Å². The number of phenolic OH excluding ortho intramolecular Hbond substituents is 2. The van der Waals surface area contributed by atoms with Gasteiger partial charge in [-0.25, -0.2) is 0 Å². The molecule has 2 aromatic carbocycles. The Morgan fingerprint density at radius 3 is 2.76 bits per heavy atom. The Hall–Kier alpha value is -1.81. The maximum atomic E-state index is 12.9. The Morgan fingerprint density at radius 2 is 2.03 bits per heavy atom. The number of hydrogen-bond donors (Lipinski definition) is 3. The molecule has 0 aliphatic carbocycles. The highest BCUT2D eigenvalue weighted by Crippen LogP contribution is 2.44. The van der Waals surface area contributed by atoms with Gasteiger partial charge in [-0.15, -0.1) is 0 Å². The molecule has 2 heterocycles. The van der Waals surface area contributed by atoms with Gasteiger partial charge in [-0.2, -0.15) is 0 Å². The van der Waals surface area contributed by atoms with Crippen molar-refractivity contribution < 1.29 is 19.7 Å². The summed E-state index contributed by atoms with van der Waals surface area (Å²) in [6.07, 6.45) is 0.674. The number of rotatable bonds is 3. The first kappa shape index (κ1) is 20.5. The van der Waals surface area contributed by atoms with Crippen LogP contribution in [-0.4, -0.2) is 46.5 Å². The van der Waals surface area contributed by atoms with Gasteiger partial charge in [0.2, 0.25) is 0 Å². The number of aromatic hydroxyl groups is 2. The fourth-order valence-electron chi connectivity index (χ4n) is 4.12. The molecule has 152 valence electrons. The van der Waals surface area contributed by atoms with Crippen LogP contribution in [0.1, 0.15) is 17.9 Å². The molecule has 6 nitrogen and oxygen atoms in total. The van der Waals surface area contributed by atoms with E-state index in [-0.39, 0.29) is 46.8 Å². The van der Waals surface area contributed by atoms with Gasteiger partial charge in [-0.1, -0.05) is 17.7 Å². The third kappa shape index (κ3) is 3.39. The predicted molar refractivity (Wildman–Crippen MR) is 120 cm³/mol. The molecule has 1 aliphatic rings. The van der Waals surface area contributed by atoms with Gasteiger partial charge in [0.15, 0.2) is 5.43 Å². The minimum atomic E-state index is -0.429. The second-order valence-corrected chi connectivity index (χ2v) is 8.77. The van der Waals surface area contributed by atoms with E-state index < -0.39 is 5.43 Å². The maximum Gasteiger partial charge on any atom is 0.197 e. The Bertz CT molecular complexity index is 1160. The zero-order chi connectivity index (χ0) is 20.9. The molecule has 3 aromatic rings. The standard InChI is InChI=1S/C21H19ClINO5/c1-24-6-5-10(13(24)9-25)18-14(26)7-15(27)19-16(28)8-17(29-21(18)19)11-3-2-4-12(23)20(11)22/h2-4,7-8,10,13,25-27H,5-6,9H2,1H3/t10-,13+/m0/s1. The molecule has 2 atom stereocenters. The van der Waals surface area contributed by atoms with Crippen molar-refractivity contribution in [2.24, 2.45) is 0 Å². The topological polar surface area (TPSA) is 94.1 Å². The number of likely N-dealkylation sites (tertiary alicyclic amines) is 1. The molecule has 0 unspecified atom stereocenters. The summed E-state index contributed by atoms with van der Waals surface area (Å²) in [5.41, 5.74) is 0.663. The van der Waals surface area contributed by atoms with Crippen LogP contribution in [0.2, 0.25) is 5.02 Å². The van der Waals surface area contributed by atoms with Gasteiger partial charge in [0, 0.05) is 38.8 Å². The lowest BCUT2D eigenvalue weighted by Crippen LogP contribution is -2.32. The Kier molecular flexibility index (Phi) is 5.50. The number of fused-ring (bicyclic) bond motifs is 1. The maximum absolute atomic E-state index is 12.9. The molecule has 3 N–H and O–H groups in total. The molecule has 1 aliphatic heterocycles.